The summed E-state index contributed by atoms with van der Waals surface area (Å²) in [5.41, 5.74) is 1.07. The number of benzene rings is 1. The van der Waals surface area contributed by atoms with Crippen LogP contribution in [0.3, 0.4) is 0 Å². The quantitative estimate of drug-likeness (QED) is 0.650. The molecule has 0 saturated heterocycles. The van der Waals surface area contributed by atoms with E-state index >= 15 is 0 Å². The molecular weight excluding hydrogens is 372 g/mol. The van der Waals surface area contributed by atoms with Crippen molar-refractivity contribution < 1.29 is 13.6 Å². The Bertz CT molecular complexity index is 948. The van der Waals surface area contributed by atoms with Crippen molar-refractivity contribution >= 4 is 23.4 Å². The standard InChI is InChI=1S/C18H17F2N5OS/c1-3-25-16(12-6-8-21-9-7-12)23-24-18(25)27-11(2)17(26)22-13-4-5-14(19)15(20)10-13/h4-11H,3H2,1-2H3,(H,22,26)/t11-/m1/s1. The van der Waals surface area contributed by atoms with Crippen molar-refractivity contribution in [2.45, 2.75) is 30.8 Å². The Morgan fingerprint density at radius 3 is 2.59 bits per heavy atom. The monoisotopic (exact) mass is 389 g/mol. The number of halogens is 2. The number of thioether (sulfide) groups is 1. The normalized spacial score (nSPS) is 12.0. The van der Waals surface area contributed by atoms with E-state index in [0.717, 1.165) is 17.7 Å². The van der Waals surface area contributed by atoms with Crippen LogP contribution in [-0.2, 0) is 11.3 Å². The van der Waals surface area contributed by atoms with Crippen LogP contribution in [0.5, 0.6) is 0 Å². The maximum Gasteiger partial charge on any atom is 0.237 e. The number of pyridine rings is 1. The maximum absolute atomic E-state index is 13.3. The first-order valence-electron chi connectivity index (χ1n) is 8.25. The Kier molecular flexibility index (Phi) is 5.80. The third kappa shape index (κ3) is 4.30. The van der Waals surface area contributed by atoms with Crippen molar-refractivity contribution in [2.24, 2.45) is 0 Å². The van der Waals surface area contributed by atoms with Crippen LogP contribution >= 0.6 is 11.8 Å². The lowest BCUT2D eigenvalue weighted by molar-refractivity contribution is -0.115. The number of hydrogen-bond donors (Lipinski definition) is 1. The smallest absolute Gasteiger partial charge is 0.237 e. The van der Waals surface area contributed by atoms with Crippen LogP contribution in [0.15, 0.2) is 47.9 Å². The summed E-state index contributed by atoms with van der Waals surface area (Å²) in [6, 6.07) is 6.90. The Balaban J connectivity index is 1.73. The van der Waals surface area contributed by atoms with Crippen molar-refractivity contribution in [3.63, 3.8) is 0 Å². The third-order valence-electron chi connectivity index (χ3n) is 3.81. The molecule has 140 valence electrons. The van der Waals surface area contributed by atoms with Crippen LogP contribution in [-0.4, -0.2) is 30.9 Å². The minimum atomic E-state index is -1.01. The van der Waals surface area contributed by atoms with Gasteiger partial charge in [-0.05, 0) is 38.1 Å². The summed E-state index contributed by atoms with van der Waals surface area (Å²) in [5, 5.41) is 11.1. The highest BCUT2D eigenvalue weighted by Crippen LogP contribution is 2.27. The predicted octanol–water partition coefficient (Wildman–Crippen LogP) is 3.76. The van der Waals surface area contributed by atoms with Gasteiger partial charge in [0.1, 0.15) is 0 Å². The molecule has 0 aliphatic heterocycles. The summed E-state index contributed by atoms with van der Waals surface area (Å²) >= 11 is 1.24. The lowest BCUT2D eigenvalue weighted by atomic mass is 10.2. The molecule has 1 aromatic carbocycles. The van der Waals surface area contributed by atoms with Gasteiger partial charge in [0.15, 0.2) is 22.6 Å². The zero-order valence-corrected chi connectivity index (χ0v) is 15.5. The molecule has 0 aliphatic carbocycles. The predicted molar refractivity (Wildman–Crippen MR) is 99.2 cm³/mol. The molecule has 0 unspecified atom stereocenters. The molecule has 0 spiro atoms. The number of nitrogens with zero attached hydrogens (tertiary/aromatic N) is 4. The third-order valence-corrected chi connectivity index (χ3v) is 4.89. The van der Waals surface area contributed by atoms with Crippen molar-refractivity contribution in [1.29, 1.82) is 0 Å². The van der Waals surface area contributed by atoms with Crippen molar-refractivity contribution in [3.05, 3.63) is 54.4 Å². The molecule has 3 rings (SSSR count). The first kappa shape index (κ1) is 19.0. The average Bonchev–Trinajstić information content (AvgIpc) is 3.08. The first-order valence-corrected chi connectivity index (χ1v) is 9.13. The van der Waals surface area contributed by atoms with Gasteiger partial charge in [-0.1, -0.05) is 11.8 Å². The van der Waals surface area contributed by atoms with Gasteiger partial charge in [0, 0.05) is 36.3 Å². The molecule has 27 heavy (non-hydrogen) atoms. The van der Waals surface area contributed by atoms with Gasteiger partial charge in [-0.15, -0.1) is 10.2 Å². The van der Waals surface area contributed by atoms with Gasteiger partial charge < -0.3 is 9.88 Å². The van der Waals surface area contributed by atoms with E-state index in [1.54, 1.807) is 19.3 Å². The SMILES string of the molecule is CCn1c(S[C@H](C)C(=O)Nc2ccc(F)c(F)c2)nnc1-c1ccncc1. The number of rotatable bonds is 6. The van der Waals surface area contributed by atoms with Gasteiger partial charge in [0.05, 0.1) is 5.25 Å². The van der Waals surface area contributed by atoms with Crippen molar-refractivity contribution in [2.75, 3.05) is 5.32 Å². The summed E-state index contributed by atoms with van der Waals surface area (Å²) in [6.07, 6.45) is 3.35. The highest BCUT2D eigenvalue weighted by atomic mass is 32.2. The Morgan fingerprint density at radius 2 is 1.93 bits per heavy atom. The summed E-state index contributed by atoms with van der Waals surface area (Å²) in [4.78, 5) is 16.4. The molecule has 2 heterocycles. The van der Waals surface area contributed by atoms with E-state index in [1.807, 2.05) is 23.6 Å². The Morgan fingerprint density at radius 1 is 1.19 bits per heavy atom. The Labute approximate surface area is 159 Å². The van der Waals surface area contributed by atoms with E-state index < -0.39 is 16.9 Å². The van der Waals surface area contributed by atoms with E-state index in [4.69, 9.17) is 0 Å². The number of nitrogens with one attached hydrogen (secondary N) is 1. The van der Waals surface area contributed by atoms with Crippen LogP contribution < -0.4 is 5.32 Å². The van der Waals surface area contributed by atoms with Crippen LogP contribution in [0.1, 0.15) is 13.8 Å². The molecule has 3 aromatic rings. The second-order valence-electron chi connectivity index (χ2n) is 5.66. The lowest BCUT2D eigenvalue weighted by Gasteiger charge is -2.13. The molecule has 1 N–H and O–H groups in total. The van der Waals surface area contributed by atoms with E-state index in [1.165, 1.54) is 17.8 Å². The summed E-state index contributed by atoms with van der Waals surface area (Å²) < 4.78 is 28.2. The summed E-state index contributed by atoms with van der Waals surface area (Å²) in [5.74, 6) is -1.63. The van der Waals surface area contributed by atoms with Crippen molar-refractivity contribution in [3.8, 4) is 11.4 Å². The van der Waals surface area contributed by atoms with Gasteiger partial charge in [0.2, 0.25) is 5.91 Å². The fourth-order valence-corrected chi connectivity index (χ4v) is 3.32. The minimum absolute atomic E-state index is 0.195. The first-order chi connectivity index (χ1) is 13.0. The summed E-state index contributed by atoms with van der Waals surface area (Å²) in [7, 11) is 0. The zero-order valence-electron chi connectivity index (χ0n) is 14.7. The van der Waals surface area contributed by atoms with Crippen LogP contribution in [0.4, 0.5) is 14.5 Å². The zero-order chi connectivity index (χ0) is 19.4. The molecule has 0 aliphatic rings. The molecule has 9 heteroatoms. The van der Waals surface area contributed by atoms with Crippen LogP contribution in [0, 0.1) is 11.6 Å². The number of aromatic nitrogens is 4. The van der Waals surface area contributed by atoms with Crippen molar-refractivity contribution in [1.82, 2.24) is 19.7 Å². The number of amides is 1. The van der Waals surface area contributed by atoms with Gasteiger partial charge >= 0.3 is 0 Å². The minimum Gasteiger partial charge on any atom is -0.325 e. The molecule has 2 aromatic heterocycles. The lowest BCUT2D eigenvalue weighted by Crippen LogP contribution is -2.23. The molecule has 1 atom stereocenters. The van der Waals surface area contributed by atoms with E-state index in [2.05, 4.69) is 20.5 Å². The Hall–Kier alpha value is -2.81. The van der Waals surface area contributed by atoms with Gasteiger partial charge in [-0.3, -0.25) is 9.78 Å². The molecule has 0 bridgehead atoms. The average molecular weight is 389 g/mol. The van der Waals surface area contributed by atoms with Gasteiger partial charge in [0.25, 0.3) is 0 Å². The molecular formula is C18H17F2N5OS. The van der Waals surface area contributed by atoms with Gasteiger partial charge in [-0.2, -0.15) is 0 Å². The number of anilines is 1. The molecule has 0 radical (unpaired) electrons. The number of carbonyl (C=O) groups excluding carboxylic acids is 1. The second-order valence-corrected chi connectivity index (χ2v) is 6.97. The number of carbonyl (C=O) groups is 1. The van der Waals surface area contributed by atoms with Gasteiger partial charge in [-0.25, -0.2) is 8.78 Å². The maximum atomic E-state index is 13.3. The molecule has 0 saturated carbocycles. The molecule has 0 fully saturated rings. The molecule has 1 amide bonds. The second kappa shape index (κ2) is 8.26. The largest absolute Gasteiger partial charge is 0.325 e. The van der Waals surface area contributed by atoms with E-state index in [0.29, 0.717) is 17.5 Å². The fraction of sp³-hybridized carbons (Fsp3) is 0.222. The van der Waals surface area contributed by atoms with Crippen LogP contribution in [0.25, 0.3) is 11.4 Å². The highest BCUT2D eigenvalue weighted by molar-refractivity contribution is 8.00. The van der Waals surface area contributed by atoms with Crippen LogP contribution in [0.2, 0.25) is 0 Å². The number of hydrogen-bond acceptors (Lipinski definition) is 5. The van der Waals surface area contributed by atoms with E-state index in [9.17, 15) is 13.6 Å². The summed E-state index contributed by atoms with van der Waals surface area (Å²) in [6.45, 7) is 4.30. The fourth-order valence-electron chi connectivity index (χ4n) is 2.40. The van der Waals surface area contributed by atoms with E-state index in [-0.39, 0.29) is 11.6 Å². The molecule has 6 nitrogen and oxygen atoms in total. The topological polar surface area (TPSA) is 72.7 Å². The highest BCUT2D eigenvalue weighted by Gasteiger charge is 2.20.